The van der Waals surface area contributed by atoms with Crippen LogP contribution in [-0.4, -0.2) is 39.3 Å². The lowest BCUT2D eigenvalue weighted by molar-refractivity contribution is -0.181. The maximum absolute atomic E-state index is 14.2. The first-order chi connectivity index (χ1) is 25.3. The van der Waals surface area contributed by atoms with Gasteiger partial charge in [-0.05, 0) is 71.4 Å². The number of esters is 1. The lowest BCUT2D eigenvalue weighted by Gasteiger charge is -2.48. The molecule has 1 aromatic heterocycles. The first-order valence-electron chi connectivity index (χ1n) is 17.9. The number of cyclic esters (lactones) is 1. The summed E-state index contributed by atoms with van der Waals surface area (Å²) in [4.78, 5) is 37.2. The van der Waals surface area contributed by atoms with Crippen LogP contribution in [0.5, 0.6) is 5.75 Å². The molecule has 0 amide bonds. The molecule has 0 spiro atoms. The number of carbonyl (C=O) groups excluding carboxylic acids is 1. The Morgan fingerprint density at radius 2 is 1.57 bits per heavy atom. The number of hydrogen-bond donors (Lipinski definition) is 2. The molecule has 1 aliphatic carbocycles. The standard InChI is InChI=1S/C43H43FNO7P/c1-42(2,3)43(30-10-6-4-7-11-30,31-12-8-5-9-13-31)52-35-24-34(51-39(46)26-35)20-22-36-40(28-16-18-32(44)19-17-28)37-25-33(50-27-53(47,48)49)21-23-38(37)45-41(36)29-14-15-29/h4-13,16-23,25,29,34-35H,14-15,24,26-27H2,1-3H3,(H2,47,48,49)/b22-20+/t34-,35-/m1/s1. The zero-order valence-electron chi connectivity index (χ0n) is 29.9. The molecular weight excluding hydrogens is 692 g/mol. The number of aromatic nitrogens is 1. The number of nitrogens with zero attached hydrogens (tertiary/aromatic N) is 1. The summed E-state index contributed by atoms with van der Waals surface area (Å²) in [5.74, 6) is -0.252. The number of rotatable bonds is 11. The van der Waals surface area contributed by atoms with E-state index in [1.165, 1.54) is 12.1 Å². The molecule has 0 bridgehead atoms. The maximum atomic E-state index is 14.2. The molecule has 2 heterocycles. The minimum absolute atomic E-state index is 0.102. The summed E-state index contributed by atoms with van der Waals surface area (Å²) in [6, 6.07) is 31.6. The monoisotopic (exact) mass is 735 g/mol. The molecular formula is C43H43FNO7P. The summed E-state index contributed by atoms with van der Waals surface area (Å²) < 4.78 is 44.4. The SMILES string of the molecule is CC(C)(C)C(O[C@H]1CC(=O)O[C@H](/C=C/c2c(C3CC3)nc3ccc(OCP(=O)(O)O)cc3c2-c2ccc(F)cc2)C1)(c1ccccc1)c1ccccc1. The summed E-state index contributed by atoms with van der Waals surface area (Å²) in [7, 11) is -4.43. The number of carbonyl (C=O) groups is 1. The molecule has 2 fully saturated rings. The maximum Gasteiger partial charge on any atom is 0.362 e. The fourth-order valence-electron chi connectivity index (χ4n) is 7.43. The Labute approximate surface area is 308 Å². The third-order valence-corrected chi connectivity index (χ3v) is 10.4. The molecule has 5 aromatic rings. The van der Waals surface area contributed by atoms with Gasteiger partial charge in [0.05, 0.1) is 23.7 Å². The normalized spacial score (nSPS) is 18.3. The molecule has 2 N–H and O–H groups in total. The van der Waals surface area contributed by atoms with Gasteiger partial charge in [0.25, 0.3) is 0 Å². The number of pyridine rings is 1. The van der Waals surface area contributed by atoms with E-state index in [2.05, 4.69) is 45.0 Å². The van der Waals surface area contributed by atoms with Gasteiger partial charge in [-0.15, -0.1) is 0 Å². The number of ether oxygens (including phenoxy) is 3. The Balaban J connectivity index is 1.29. The van der Waals surface area contributed by atoms with Crippen molar-refractivity contribution in [2.75, 3.05) is 6.35 Å². The second-order valence-electron chi connectivity index (χ2n) is 14.9. The highest BCUT2D eigenvalue weighted by atomic mass is 31.2. The Morgan fingerprint density at radius 1 is 0.925 bits per heavy atom. The Hall–Kier alpha value is -4.66. The van der Waals surface area contributed by atoms with E-state index in [4.69, 9.17) is 19.2 Å². The molecule has 1 saturated carbocycles. The third kappa shape index (κ3) is 7.99. The highest BCUT2D eigenvalue weighted by Crippen LogP contribution is 2.50. The van der Waals surface area contributed by atoms with Crippen molar-refractivity contribution in [1.82, 2.24) is 4.98 Å². The number of fused-ring (bicyclic) bond motifs is 1. The van der Waals surface area contributed by atoms with Gasteiger partial charge < -0.3 is 24.0 Å². The quantitative estimate of drug-likeness (QED) is 0.102. The number of benzene rings is 4. The van der Waals surface area contributed by atoms with Gasteiger partial charge in [0.1, 0.15) is 23.3 Å². The lowest BCUT2D eigenvalue weighted by atomic mass is 9.68. The third-order valence-electron chi connectivity index (χ3n) is 9.93. The van der Waals surface area contributed by atoms with Crippen LogP contribution >= 0.6 is 7.60 Å². The van der Waals surface area contributed by atoms with Gasteiger partial charge in [-0.25, -0.2) is 4.39 Å². The summed E-state index contributed by atoms with van der Waals surface area (Å²) >= 11 is 0. The Bertz CT molecular complexity index is 2140. The van der Waals surface area contributed by atoms with E-state index in [-0.39, 0.29) is 29.9 Å². The molecule has 8 nitrogen and oxygen atoms in total. The highest BCUT2D eigenvalue weighted by molar-refractivity contribution is 7.51. The van der Waals surface area contributed by atoms with Crippen molar-refractivity contribution in [3.8, 4) is 16.9 Å². The van der Waals surface area contributed by atoms with Crippen molar-refractivity contribution in [2.45, 2.75) is 70.2 Å². The van der Waals surface area contributed by atoms with E-state index < -0.39 is 37.2 Å². The van der Waals surface area contributed by atoms with Crippen LogP contribution in [0.2, 0.25) is 0 Å². The van der Waals surface area contributed by atoms with E-state index in [0.29, 0.717) is 17.3 Å². The van der Waals surface area contributed by atoms with Crippen LogP contribution in [0, 0.1) is 11.2 Å². The summed E-state index contributed by atoms with van der Waals surface area (Å²) in [5, 5.41) is 0.673. The fraction of sp³-hybridized carbons (Fsp3) is 0.302. The van der Waals surface area contributed by atoms with E-state index in [1.54, 1.807) is 30.3 Å². The van der Waals surface area contributed by atoms with Gasteiger partial charge in [-0.1, -0.05) is 99.6 Å². The highest BCUT2D eigenvalue weighted by Gasteiger charge is 2.49. The average Bonchev–Trinajstić information content (AvgIpc) is 3.97. The minimum Gasteiger partial charge on any atom is -0.481 e. The largest absolute Gasteiger partial charge is 0.481 e. The molecule has 7 rings (SSSR count). The smallest absolute Gasteiger partial charge is 0.362 e. The van der Waals surface area contributed by atoms with E-state index in [9.17, 15) is 23.5 Å². The zero-order valence-corrected chi connectivity index (χ0v) is 30.8. The Kier molecular flexibility index (Phi) is 10.1. The van der Waals surface area contributed by atoms with Gasteiger partial charge in [0.2, 0.25) is 0 Å². The van der Waals surface area contributed by atoms with E-state index >= 15 is 0 Å². The van der Waals surface area contributed by atoms with Crippen LogP contribution in [0.1, 0.15) is 74.8 Å². The molecule has 53 heavy (non-hydrogen) atoms. The predicted molar refractivity (Wildman–Crippen MR) is 203 cm³/mol. The molecule has 0 radical (unpaired) electrons. The second kappa shape index (κ2) is 14.6. The topological polar surface area (TPSA) is 115 Å². The molecule has 1 saturated heterocycles. The molecule has 2 atom stereocenters. The first kappa shape index (κ1) is 36.7. The van der Waals surface area contributed by atoms with Crippen molar-refractivity contribution in [3.63, 3.8) is 0 Å². The summed E-state index contributed by atoms with van der Waals surface area (Å²) in [6.45, 7) is 6.45. The van der Waals surface area contributed by atoms with Crippen molar-refractivity contribution >= 4 is 30.5 Å². The van der Waals surface area contributed by atoms with Crippen molar-refractivity contribution in [2.24, 2.45) is 5.41 Å². The van der Waals surface area contributed by atoms with Gasteiger partial charge >= 0.3 is 13.6 Å². The molecule has 0 unspecified atom stereocenters. The summed E-state index contributed by atoms with van der Waals surface area (Å²) in [5.41, 5.74) is 4.56. The molecule has 10 heteroatoms. The minimum atomic E-state index is -4.43. The van der Waals surface area contributed by atoms with Crippen molar-refractivity contribution < 1.29 is 37.7 Å². The Morgan fingerprint density at radius 3 is 2.15 bits per heavy atom. The molecule has 1 aliphatic heterocycles. The van der Waals surface area contributed by atoms with Crippen LogP contribution in [0.4, 0.5) is 4.39 Å². The number of halogens is 1. The van der Waals surface area contributed by atoms with Gasteiger partial charge in [-0.3, -0.25) is 14.3 Å². The van der Waals surface area contributed by atoms with Crippen LogP contribution in [0.25, 0.3) is 28.1 Å². The molecule has 4 aromatic carbocycles. The van der Waals surface area contributed by atoms with Gasteiger partial charge in [0.15, 0.2) is 6.35 Å². The predicted octanol–water partition coefficient (Wildman–Crippen LogP) is 9.53. The van der Waals surface area contributed by atoms with Crippen LogP contribution in [0.15, 0.2) is 109 Å². The van der Waals surface area contributed by atoms with Crippen LogP contribution in [0.3, 0.4) is 0 Å². The fourth-order valence-corrected chi connectivity index (χ4v) is 7.75. The van der Waals surface area contributed by atoms with E-state index in [0.717, 1.165) is 46.4 Å². The van der Waals surface area contributed by atoms with Gasteiger partial charge in [0, 0.05) is 28.9 Å². The average molecular weight is 736 g/mol. The van der Waals surface area contributed by atoms with Crippen LogP contribution in [-0.2, 0) is 24.4 Å². The number of hydrogen-bond acceptors (Lipinski definition) is 6. The van der Waals surface area contributed by atoms with Gasteiger partial charge in [-0.2, -0.15) is 0 Å². The second-order valence-corrected chi connectivity index (χ2v) is 16.5. The van der Waals surface area contributed by atoms with Crippen molar-refractivity contribution in [3.05, 3.63) is 137 Å². The first-order valence-corrected chi connectivity index (χ1v) is 19.7. The van der Waals surface area contributed by atoms with E-state index in [1.807, 2.05) is 48.6 Å². The summed E-state index contributed by atoms with van der Waals surface area (Å²) in [6.07, 6.45) is 4.44. The molecule has 2 aliphatic rings. The molecule has 274 valence electrons. The zero-order chi connectivity index (χ0) is 37.4. The lowest BCUT2D eigenvalue weighted by Crippen LogP contribution is -2.48. The van der Waals surface area contributed by atoms with Crippen LogP contribution < -0.4 is 4.74 Å². The van der Waals surface area contributed by atoms with Crippen molar-refractivity contribution in [1.29, 1.82) is 0 Å².